The van der Waals surface area contributed by atoms with Gasteiger partial charge in [-0.15, -0.1) is 69.6 Å². The van der Waals surface area contributed by atoms with E-state index in [4.69, 9.17) is 0 Å². The van der Waals surface area contributed by atoms with E-state index in [0.717, 1.165) is 12.8 Å². The topological polar surface area (TPSA) is 0 Å². The molecule has 288 valence electrons. The van der Waals surface area contributed by atoms with Gasteiger partial charge in [0.05, 0.1) is 0 Å². The van der Waals surface area contributed by atoms with Gasteiger partial charge in [-0.2, -0.15) is 12.1 Å². The molecule has 0 aliphatic carbocycles. The van der Waals surface area contributed by atoms with Crippen LogP contribution in [0.5, 0.6) is 0 Å². The second kappa shape index (κ2) is 24.8. The molecule has 0 amide bonds. The van der Waals surface area contributed by atoms with Gasteiger partial charge >= 0.3 is 30.2 Å². The van der Waals surface area contributed by atoms with Crippen molar-refractivity contribution in [2.75, 3.05) is 0 Å². The van der Waals surface area contributed by atoms with Gasteiger partial charge in [0.1, 0.15) is 0 Å². The van der Waals surface area contributed by atoms with E-state index in [9.17, 15) is 0 Å². The molecule has 0 fully saturated rings. The van der Waals surface area contributed by atoms with E-state index in [1.807, 2.05) is 0 Å². The summed E-state index contributed by atoms with van der Waals surface area (Å²) < 4.78 is 0. The fourth-order valence-electron chi connectivity index (χ4n) is 7.25. The van der Waals surface area contributed by atoms with Crippen LogP contribution in [0.2, 0.25) is 0 Å². The van der Waals surface area contributed by atoms with E-state index in [0.29, 0.717) is 0 Å². The molecule has 8 rings (SSSR count). The molecule has 0 aliphatic heterocycles. The van der Waals surface area contributed by atoms with Gasteiger partial charge in [0.25, 0.3) is 0 Å². The predicted molar refractivity (Wildman–Crippen MR) is 251 cm³/mol. The molecular weight excluding hydrogens is 815 g/mol. The fourth-order valence-corrected chi connectivity index (χ4v) is 7.25. The van der Waals surface area contributed by atoms with Crippen molar-refractivity contribution in [1.82, 2.24) is 0 Å². The molecule has 0 atom stereocenters. The Morgan fingerprint density at radius 3 is 0.964 bits per heavy atom. The van der Waals surface area contributed by atoms with Crippen LogP contribution in [0.3, 0.4) is 0 Å². The van der Waals surface area contributed by atoms with Gasteiger partial charge in [-0.3, -0.25) is 0 Å². The molecule has 2 radical (unpaired) electrons. The summed E-state index contributed by atoms with van der Waals surface area (Å²) in [5, 5.41) is 5.50. The van der Waals surface area contributed by atoms with Crippen LogP contribution >= 0.6 is 24.8 Å². The Balaban J connectivity index is 0.000000347. The molecule has 0 unspecified atom stereocenters. The molecule has 0 spiro atoms. The quantitative estimate of drug-likeness (QED) is 0.0949. The molecule has 8 aromatic carbocycles. The normalized spacial score (nSPS) is 9.95. The van der Waals surface area contributed by atoms with Gasteiger partial charge in [-0.1, -0.05) is 219 Å². The Hall–Kier alpha value is -3.78. The van der Waals surface area contributed by atoms with Crippen molar-refractivity contribution in [2.45, 2.75) is 52.4 Å². The number of rotatable bonds is 10. The van der Waals surface area contributed by atoms with Gasteiger partial charge in [-0.05, 0) is 24.0 Å². The number of hydrogen-bond acceptors (Lipinski definition) is 0. The zero-order chi connectivity index (χ0) is 36.1. The molecule has 0 bridgehead atoms. The van der Waals surface area contributed by atoms with Crippen molar-refractivity contribution in [1.29, 1.82) is 0 Å². The third-order valence-electron chi connectivity index (χ3n) is 9.87. The second-order valence-corrected chi connectivity index (χ2v) is 13.4. The standard InChI is InChI=1S/2C25H23.2CH3.2ClH.Si.Zr/c2*1-2-3-10-19-17-24-22(20-11-6-4-7-12-20)15-16-23(25(24)18-19)21-13-8-5-9-14-21;;;;;;/h2*4-9,11-18H,2-3,10H2,1H3;2*1H3;2*1H;;/q4*-1;;;;. The monoisotopic (exact) mass is 866 g/mol. The summed E-state index contributed by atoms with van der Waals surface area (Å²) in [6, 6.07) is 61.6. The molecule has 0 aliphatic rings. The van der Waals surface area contributed by atoms with Crippen LogP contribution in [0.1, 0.15) is 50.7 Å². The molecule has 4 heteroatoms. The summed E-state index contributed by atoms with van der Waals surface area (Å²) in [6.45, 7) is 7.58. The van der Waals surface area contributed by atoms with Crippen molar-refractivity contribution in [3.8, 4) is 44.5 Å². The van der Waals surface area contributed by atoms with Gasteiger partial charge < -0.3 is 14.9 Å². The van der Waals surface area contributed by atoms with Gasteiger partial charge in [-0.25, -0.2) is 0 Å². The number of unbranched alkanes of at least 4 members (excludes halogenated alkanes) is 2. The molecule has 0 nitrogen and oxygen atoms in total. The van der Waals surface area contributed by atoms with Gasteiger partial charge in [0, 0.05) is 0 Å². The molecule has 0 saturated carbocycles. The van der Waals surface area contributed by atoms with Crippen molar-refractivity contribution >= 4 is 53.2 Å². The van der Waals surface area contributed by atoms with E-state index >= 15 is 0 Å². The number of benzene rings is 6. The summed E-state index contributed by atoms with van der Waals surface area (Å²) in [4.78, 5) is 0. The average molecular weight is 869 g/mol. The van der Waals surface area contributed by atoms with Crippen LogP contribution in [0, 0.1) is 14.9 Å². The summed E-state index contributed by atoms with van der Waals surface area (Å²) in [6.07, 6.45) is 7.29. The Bertz CT molecular complexity index is 1970. The second-order valence-electron chi connectivity index (χ2n) is 13.4. The SMILES string of the molecule is CCCCc1cc2c(-c3ccccc3)ccc(-c3ccccc3)c2[cH-]1.CCCCc1cc2c(-c3ccccc3)ccc(-c3ccccc3)c2[cH-]1.Cl.Cl.[CH3-].[CH3-].[Si]=[Zr]. The number of aryl methyl sites for hydroxylation is 2. The van der Waals surface area contributed by atoms with Crippen LogP contribution in [-0.2, 0) is 36.2 Å². The summed E-state index contributed by atoms with van der Waals surface area (Å²) >= 11 is 1.36. The van der Waals surface area contributed by atoms with Crippen LogP contribution in [0.4, 0.5) is 0 Å². The summed E-state index contributed by atoms with van der Waals surface area (Å²) in [5.41, 5.74) is 13.4. The Morgan fingerprint density at radius 2 is 0.679 bits per heavy atom. The molecular formula is C52H54Cl2SiZr-4. The summed E-state index contributed by atoms with van der Waals surface area (Å²) in [7, 11) is 0. The minimum absolute atomic E-state index is 0. The number of halogens is 2. The van der Waals surface area contributed by atoms with Crippen LogP contribution in [0.15, 0.2) is 170 Å². The molecule has 56 heavy (non-hydrogen) atoms. The fraction of sp³-hybridized carbons (Fsp3) is 0.154. The average Bonchev–Trinajstić information content (AvgIpc) is 3.86. The van der Waals surface area contributed by atoms with Gasteiger partial charge in [0.15, 0.2) is 0 Å². The van der Waals surface area contributed by atoms with Crippen molar-refractivity contribution < 1.29 is 23.3 Å². The molecule has 0 aromatic heterocycles. The molecule has 8 aromatic rings. The van der Waals surface area contributed by atoms with Crippen LogP contribution < -0.4 is 0 Å². The molecule has 0 saturated heterocycles. The Kier molecular flexibility index (Phi) is 21.4. The van der Waals surface area contributed by atoms with E-state index in [2.05, 4.69) is 191 Å². The van der Waals surface area contributed by atoms with E-state index in [1.165, 1.54) is 126 Å². The van der Waals surface area contributed by atoms with Crippen molar-refractivity contribution in [3.63, 3.8) is 0 Å². The maximum absolute atomic E-state index is 3.06. The van der Waals surface area contributed by atoms with Gasteiger partial charge in [0.2, 0.25) is 0 Å². The first-order valence-electron chi connectivity index (χ1n) is 18.6. The predicted octanol–water partition coefficient (Wildman–Crippen LogP) is 15.8. The zero-order valence-electron chi connectivity index (χ0n) is 33.2. The van der Waals surface area contributed by atoms with Crippen molar-refractivity contribution in [2.24, 2.45) is 0 Å². The first-order chi connectivity index (χ1) is 25.7. The third kappa shape index (κ3) is 11.6. The first kappa shape index (κ1) is 48.4. The van der Waals surface area contributed by atoms with E-state index < -0.39 is 0 Å². The van der Waals surface area contributed by atoms with Crippen LogP contribution in [0.25, 0.3) is 66.1 Å². The Labute approximate surface area is 366 Å². The summed E-state index contributed by atoms with van der Waals surface area (Å²) in [5.74, 6) is 0. The minimum atomic E-state index is 0. The number of fused-ring (bicyclic) bond motifs is 2. The third-order valence-corrected chi connectivity index (χ3v) is 9.87. The maximum atomic E-state index is 3.06. The van der Waals surface area contributed by atoms with Crippen LogP contribution in [-0.4, -0.2) is 6.88 Å². The number of hydrogen-bond donors (Lipinski definition) is 0. The van der Waals surface area contributed by atoms with E-state index in [-0.39, 0.29) is 39.7 Å². The Morgan fingerprint density at radius 1 is 0.411 bits per heavy atom. The molecule has 0 N–H and O–H groups in total. The zero-order valence-corrected chi connectivity index (χ0v) is 38.3. The first-order valence-corrected chi connectivity index (χ1v) is 22.8. The van der Waals surface area contributed by atoms with E-state index in [1.54, 1.807) is 0 Å². The molecule has 0 heterocycles. The van der Waals surface area contributed by atoms with Crippen molar-refractivity contribution in [3.05, 3.63) is 196 Å².